The Kier molecular flexibility index (Phi) is 36.7. The zero-order valence-corrected chi connectivity index (χ0v) is 41.7. The van der Waals surface area contributed by atoms with Crippen molar-refractivity contribution in [2.45, 2.75) is 306 Å². The minimum Gasteiger partial charge on any atom is -0.394 e. The Bertz CT molecular complexity index is 1120. The van der Waals surface area contributed by atoms with Crippen LogP contribution < -0.4 is 5.32 Å². The summed E-state index contributed by atoms with van der Waals surface area (Å²) < 4.78 is 22.8. The Balaban J connectivity index is 1.80. The molecule has 2 rings (SSSR count). The van der Waals surface area contributed by atoms with E-state index in [4.69, 9.17) is 18.9 Å². The van der Waals surface area contributed by atoms with Crippen molar-refractivity contribution in [1.29, 1.82) is 0 Å². The number of carbonyl (C=O) groups excluding carboxylic acids is 1. The van der Waals surface area contributed by atoms with Crippen LogP contribution in [-0.4, -0.2) is 140 Å². The summed E-state index contributed by atoms with van der Waals surface area (Å²) in [5.74, 6) is -0.202. The molecule has 66 heavy (non-hydrogen) atoms. The number of aliphatic hydroxyl groups is 8. The maximum absolute atomic E-state index is 13.2. The highest BCUT2D eigenvalue weighted by molar-refractivity contribution is 5.76. The summed E-state index contributed by atoms with van der Waals surface area (Å²) in [5.41, 5.74) is 0. The Labute approximate surface area is 400 Å². The zero-order valence-electron chi connectivity index (χ0n) is 41.7. The minimum absolute atomic E-state index is 0.202. The molecule has 12 atom stereocenters. The van der Waals surface area contributed by atoms with Gasteiger partial charge >= 0.3 is 0 Å². The van der Waals surface area contributed by atoms with E-state index in [0.717, 1.165) is 51.4 Å². The Hall–Kier alpha value is -1.01. The van der Waals surface area contributed by atoms with E-state index in [-0.39, 0.29) is 12.5 Å². The molecule has 9 N–H and O–H groups in total. The number of aliphatic hydroxyl groups excluding tert-OH is 8. The zero-order chi connectivity index (χ0) is 48.2. The van der Waals surface area contributed by atoms with E-state index < -0.39 is 86.8 Å². The quantitative estimate of drug-likeness (QED) is 0.0267. The van der Waals surface area contributed by atoms with Crippen LogP contribution in [0.25, 0.3) is 0 Å². The number of carbonyl (C=O) groups is 1. The molecule has 0 aromatic heterocycles. The number of hydrogen-bond acceptors (Lipinski definition) is 13. The second-order valence-electron chi connectivity index (χ2n) is 19.7. The van der Waals surface area contributed by atoms with E-state index in [9.17, 15) is 45.6 Å². The summed E-state index contributed by atoms with van der Waals surface area (Å²) in [6, 6.07) is -0.821. The Morgan fingerprint density at radius 2 is 0.864 bits per heavy atom. The van der Waals surface area contributed by atoms with Gasteiger partial charge in [0.25, 0.3) is 0 Å². The van der Waals surface area contributed by atoms with Crippen LogP contribution in [0.15, 0.2) is 0 Å². The Morgan fingerprint density at radius 1 is 0.485 bits per heavy atom. The van der Waals surface area contributed by atoms with Crippen LogP contribution in [0.5, 0.6) is 0 Å². The van der Waals surface area contributed by atoms with Crippen LogP contribution in [0.2, 0.25) is 0 Å². The van der Waals surface area contributed by atoms with Gasteiger partial charge in [-0.05, 0) is 12.8 Å². The first-order valence-corrected chi connectivity index (χ1v) is 27.3. The van der Waals surface area contributed by atoms with Gasteiger partial charge in [-0.15, -0.1) is 0 Å². The molecule has 0 aromatic rings. The number of ether oxygens (including phenoxy) is 4. The van der Waals surface area contributed by atoms with Gasteiger partial charge in [-0.25, -0.2) is 0 Å². The van der Waals surface area contributed by atoms with Crippen molar-refractivity contribution in [3.05, 3.63) is 0 Å². The lowest BCUT2D eigenvalue weighted by atomic mass is 9.97. The molecule has 0 aromatic carbocycles. The highest BCUT2D eigenvalue weighted by atomic mass is 16.7. The monoisotopic (exact) mass is 948 g/mol. The number of nitrogens with one attached hydrogen (secondary N) is 1. The van der Waals surface area contributed by atoms with Crippen LogP contribution in [0.1, 0.15) is 232 Å². The second kappa shape index (κ2) is 39.7. The molecule has 2 aliphatic rings. The maximum atomic E-state index is 13.2. The molecule has 0 spiro atoms. The van der Waals surface area contributed by atoms with E-state index in [2.05, 4.69) is 19.2 Å². The molecular formula is C52H101NO13. The molecule has 2 fully saturated rings. The molecular weight excluding hydrogens is 847 g/mol. The van der Waals surface area contributed by atoms with Gasteiger partial charge in [-0.3, -0.25) is 4.79 Å². The molecule has 4 unspecified atom stereocenters. The van der Waals surface area contributed by atoms with Crippen molar-refractivity contribution in [3.8, 4) is 0 Å². The molecule has 0 radical (unpaired) electrons. The molecule has 14 heteroatoms. The number of unbranched alkanes of at least 4 members (excludes halogenated alkanes) is 30. The van der Waals surface area contributed by atoms with Crippen molar-refractivity contribution < 1.29 is 64.6 Å². The number of rotatable bonds is 43. The first-order chi connectivity index (χ1) is 32.1. The van der Waals surface area contributed by atoms with Gasteiger partial charge in [0.05, 0.1) is 32.0 Å². The first-order valence-electron chi connectivity index (χ1n) is 27.3. The molecule has 14 nitrogen and oxygen atoms in total. The average Bonchev–Trinajstić information content (AvgIpc) is 3.31. The maximum Gasteiger partial charge on any atom is 0.220 e. The van der Waals surface area contributed by atoms with E-state index in [1.54, 1.807) is 0 Å². The third kappa shape index (κ3) is 26.3. The van der Waals surface area contributed by atoms with Gasteiger partial charge in [0.2, 0.25) is 5.91 Å². The van der Waals surface area contributed by atoms with E-state index in [0.29, 0.717) is 12.8 Å². The molecule has 392 valence electrons. The standard InChI is InChI=1S/C52H101NO13/c1-3-5-7-9-11-13-15-17-19-20-22-24-26-28-30-32-34-36-44(57)53-40(41(56)35-33-31-29-27-25-23-21-18-16-14-12-10-8-6-4-2)39-63-51-49(62)47(60)50(43(38-55)65-51)66-52-48(61)46(59)45(58)42(37-54)64-52/h40-43,45-52,54-56,58-62H,3-39H2,1-2H3,(H,53,57)/t40-,41+,42+,43+,45-,46?,47?,48?,49?,50+,51+,52-/m0/s1. The SMILES string of the molecule is CCCCCCCCCCCCCCCCCCCC(=O)N[C@@H](CO[C@@H]1O[C@H](CO)[C@@H](O[C@@H]2O[C@H](CO)[C@H](O)C(O)C2O)C(O)C1O)[C@H](O)CCCCCCCCCCCCCCCCC. The van der Waals surface area contributed by atoms with Crippen LogP contribution in [0.3, 0.4) is 0 Å². The van der Waals surface area contributed by atoms with Crippen molar-refractivity contribution in [1.82, 2.24) is 5.32 Å². The largest absolute Gasteiger partial charge is 0.394 e. The highest BCUT2D eigenvalue weighted by Gasteiger charge is 2.51. The van der Waals surface area contributed by atoms with Gasteiger partial charge < -0.3 is 65.1 Å². The molecule has 0 aliphatic carbocycles. The molecule has 0 bridgehead atoms. The van der Waals surface area contributed by atoms with Gasteiger partial charge in [-0.1, -0.05) is 213 Å². The van der Waals surface area contributed by atoms with Crippen LogP contribution >= 0.6 is 0 Å². The fourth-order valence-electron chi connectivity index (χ4n) is 9.36. The van der Waals surface area contributed by atoms with E-state index >= 15 is 0 Å². The highest BCUT2D eigenvalue weighted by Crippen LogP contribution is 2.30. The summed E-state index contributed by atoms with van der Waals surface area (Å²) in [4.78, 5) is 13.2. The summed E-state index contributed by atoms with van der Waals surface area (Å²) >= 11 is 0. The van der Waals surface area contributed by atoms with Crippen molar-refractivity contribution in [2.75, 3.05) is 19.8 Å². The van der Waals surface area contributed by atoms with Gasteiger partial charge in [0.15, 0.2) is 12.6 Å². The van der Waals surface area contributed by atoms with Crippen LogP contribution in [0, 0.1) is 0 Å². The fourth-order valence-corrected chi connectivity index (χ4v) is 9.36. The lowest BCUT2D eigenvalue weighted by molar-refractivity contribution is -0.359. The van der Waals surface area contributed by atoms with Gasteiger partial charge in [0.1, 0.15) is 48.8 Å². The number of hydrogen-bond donors (Lipinski definition) is 9. The third-order valence-electron chi connectivity index (χ3n) is 13.8. The molecule has 0 saturated carbocycles. The number of amides is 1. The van der Waals surface area contributed by atoms with Gasteiger partial charge in [0, 0.05) is 6.42 Å². The van der Waals surface area contributed by atoms with Crippen LogP contribution in [-0.2, 0) is 23.7 Å². The normalized spacial score (nSPS) is 26.7. The third-order valence-corrected chi connectivity index (χ3v) is 13.8. The predicted molar refractivity (Wildman–Crippen MR) is 259 cm³/mol. The lowest BCUT2D eigenvalue weighted by Crippen LogP contribution is -2.65. The minimum atomic E-state index is -1.78. The fraction of sp³-hybridized carbons (Fsp3) is 0.981. The Morgan fingerprint density at radius 3 is 1.29 bits per heavy atom. The van der Waals surface area contributed by atoms with Crippen molar-refractivity contribution in [2.24, 2.45) is 0 Å². The summed E-state index contributed by atoms with van der Waals surface area (Å²) in [6.45, 7) is 2.88. The summed E-state index contributed by atoms with van der Waals surface area (Å²) in [7, 11) is 0. The summed E-state index contributed by atoms with van der Waals surface area (Å²) in [5, 5.41) is 87.0. The second-order valence-corrected chi connectivity index (χ2v) is 19.7. The average molecular weight is 948 g/mol. The smallest absolute Gasteiger partial charge is 0.220 e. The molecule has 2 saturated heterocycles. The molecule has 2 aliphatic heterocycles. The van der Waals surface area contributed by atoms with Crippen molar-refractivity contribution >= 4 is 5.91 Å². The topological polar surface area (TPSA) is 228 Å². The predicted octanol–water partition coefficient (Wildman–Crippen LogP) is 7.78. The van der Waals surface area contributed by atoms with Crippen molar-refractivity contribution in [3.63, 3.8) is 0 Å². The van der Waals surface area contributed by atoms with Gasteiger partial charge in [-0.2, -0.15) is 0 Å². The lowest BCUT2D eigenvalue weighted by Gasteiger charge is -2.46. The van der Waals surface area contributed by atoms with E-state index in [1.165, 1.54) is 154 Å². The first kappa shape index (κ1) is 61.1. The van der Waals surface area contributed by atoms with Crippen LogP contribution in [0.4, 0.5) is 0 Å². The molecule has 2 heterocycles. The van der Waals surface area contributed by atoms with E-state index in [1.807, 2.05) is 0 Å². The summed E-state index contributed by atoms with van der Waals surface area (Å²) in [6.07, 6.45) is 23.8. The molecule has 1 amide bonds.